The zero-order chi connectivity index (χ0) is 7.56. The van der Waals surface area contributed by atoms with E-state index < -0.39 is 0 Å². The molecule has 0 fully saturated rings. The van der Waals surface area contributed by atoms with E-state index in [-0.39, 0.29) is 0 Å². The summed E-state index contributed by atoms with van der Waals surface area (Å²) in [6, 6.07) is 1.71. The van der Waals surface area contributed by atoms with E-state index >= 15 is 0 Å². The molecule has 0 aliphatic rings. The number of aldehydes is 1. The van der Waals surface area contributed by atoms with Gasteiger partial charge in [0.25, 0.3) is 0 Å². The van der Waals surface area contributed by atoms with E-state index in [0.29, 0.717) is 4.88 Å². The summed E-state index contributed by atoms with van der Waals surface area (Å²) < 4.78 is 0. The van der Waals surface area contributed by atoms with Crippen LogP contribution >= 0.6 is 22.9 Å². The molecule has 0 saturated carbocycles. The van der Waals surface area contributed by atoms with Crippen molar-refractivity contribution in [3.05, 3.63) is 20.8 Å². The van der Waals surface area contributed by atoms with E-state index in [1.54, 1.807) is 6.07 Å². The van der Waals surface area contributed by atoms with Crippen LogP contribution in [0.25, 0.3) is 0 Å². The van der Waals surface area contributed by atoms with Crippen LogP contribution in [0.1, 0.15) is 21.5 Å². The van der Waals surface area contributed by atoms with E-state index in [1.165, 1.54) is 11.3 Å². The minimum atomic E-state index is 0.710. The number of hydrogen-bond acceptors (Lipinski definition) is 2. The highest BCUT2D eigenvalue weighted by molar-refractivity contribution is 7.14. The molecule has 1 rings (SSSR count). The summed E-state index contributed by atoms with van der Waals surface area (Å²) in [7, 11) is 0. The molecule has 0 unspecified atom stereocenters. The first-order valence-electron chi connectivity index (χ1n) is 3.01. The van der Waals surface area contributed by atoms with Crippen molar-refractivity contribution in [3.63, 3.8) is 0 Å². The highest BCUT2D eigenvalue weighted by Crippen LogP contribution is 2.25. The fourth-order valence-corrected chi connectivity index (χ4v) is 1.97. The van der Waals surface area contributed by atoms with Gasteiger partial charge in [-0.15, -0.1) is 11.3 Å². The lowest BCUT2D eigenvalue weighted by Gasteiger charge is -1.85. The Kier molecular flexibility index (Phi) is 2.46. The van der Waals surface area contributed by atoms with Crippen molar-refractivity contribution in [1.29, 1.82) is 0 Å². The van der Waals surface area contributed by atoms with E-state index in [2.05, 4.69) is 0 Å². The maximum atomic E-state index is 10.2. The maximum Gasteiger partial charge on any atom is 0.160 e. The second-order valence-corrected chi connectivity index (χ2v) is 3.47. The summed E-state index contributed by atoms with van der Waals surface area (Å²) in [5, 5.41) is 0.717. The van der Waals surface area contributed by atoms with Crippen molar-refractivity contribution in [2.24, 2.45) is 0 Å². The average Bonchev–Trinajstić information content (AvgIpc) is 2.30. The number of hydrogen-bond donors (Lipinski definition) is 0. The quantitative estimate of drug-likeness (QED) is 0.631. The number of aryl methyl sites for hydroxylation is 1. The zero-order valence-corrected chi connectivity index (χ0v) is 7.13. The van der Waals surface area contributed by atoms with Crippen molar-refractivity contribution in [1.82, 2.24) is 0 Å². The molecule has 54 valence electrons. The van der Waals surface area contributed by atoms with Gasteiger partial charge in [0.05, 0.1) is 9.90 Å². The van der Waals surface area contributed by atoms with Gasteiger partial charge in [0.2, 0.25) is 0 Å². The highest BCUT2D eigenvalue weighted by atomic mass is 35.5. The van der Waals surface area contributed by atoms with Gasteiger partial charge >= 0.3 is 0 Å². The van der Waals surface area contributed by atoms with E-state index in [4.69, 9.17) is 11.6 Å². The van der Waals surface area contributed by atoms with E-state index in [1.807, 2.05) is 6.92 Å². The number of carbonyl (C=O) groups is 1. The van der Waals surface area contributed by atoms with Gasteiger partial charge in [0.15, 0.2) is 6.29 Å². The van der Waals surface area contributed by atoms with Crippen LogP contribution in [0.4, 0.5) is 0 Å². The molecule has 10 heavy (non-hydrogen) atoms. The lowest BCUT2D eigenvalue weighted by Crippen LogP contribution is -1.68. The van der Waals surface area contributed by atoms with Gasteiger partial charge in [0, 0.05) is 4.88 Å². The molecule has 1 aromatic rings. The second kappa shape index (κ2) is 3.17. The van der Waals surface area contributed by atoms with Crippen LogP contribution in [-0.4, -0.2) is 6.29 Å². The largest absolute Gasteiger partial charge is 0.297 e. The topological polar surface area (TPSA) is 17.1 Å². The van der Waals surface area contributed by atoms with Gasteiger partial charge in [-0.1, -0.05) is 18.5 Å². The van der Waals surface area contributed by atoms with Gasteiger partial charge in [0.1, 0.15) is 0 Å². The molecule has 1 heterocycles. The van der Waals surface area contributed by atoms with E-state index in [0.717, 1.165) is 22.6 Å². The molecule has 0 radical (unpaired) electrons. The van der Waals surface area contributed by atoms with Crippen LogP contribution in [0.2, 0.25) is 5.02 Å². The predicted molar refractivity (Wildman–Crippen MR) is 44.1 cm³/mol. The fourth-order valence-electron chi connectivity index (χ4n) is 0.725. The molecule has 0 aromatic carbocycles. The van der Waals surface area contributed by atoms with Crippen molar-refractivity contribution >= 4 is 29.2 Å². The standard InChI is InChI=1S/C7H7ClOS/c1-2-7-6(8)3-5(4-9)10-7/h3-4H,2H2,1H3. The molecule has 0 aliphatic heterocycles. The van der Waals surface area contributed by atoms with Crippen LogP contribution in [0, 0.1) is 0 Å². The van der Waals surface area contributed by atoms with Crippen LogP contribution in [0.3, 0.4) is 0 Å². The van der Waals surface area contributed by atoms with Gasteiger partial charge in [-0.3, -0.25) is 4.79 Å². The first kappa shape index (κ1) is 7.76. The molecule has 0 amide bonds. The smallest absolute Gasteiger partial charge is 0.160 e. The molecule has 0 spiro atoms. The minimum absolute atomic E-state index is 0.710. The van der Waals surface area contributed by atoms with Crippen LogP contribution in [0.15, 0.2) is 6.07 Å². The number of thiophene rings is 1. The summed E-state index contributed by atoms with van der Waals surface area (Å²) >= 11 is 7.23. The SMILES string of the molecule is CCc1sc(C=O)cc1Cl. The third-order valence-electron chi connectivity index (χ3n) is 1.21. The highest BCUT2D eigenvalue weighted by Gasteiger charge is 2.02. The van der Waals surface area contributed by atoms with Crippen molar-refractivity contribution < 1.29 is 4.79 Å². The number of carbonyl (C=O) groups excluding carboxylic acids is 1. The van der Waals surface area contributed by atoms with Crippen molar-refractivity contribution in [2.45, 2.75) is 13.3 Å². The summed E-state index contributed by atoms with van der Waals surface area (Å²) in [6.45, 7) is 2.02. The molecule has 3 heteroatoms. The molecule has 0 bridgehead atoms. The second-order valence-electron chi connectivity index (χ2n) is 1.89. The summed E-state index contributed by atoms with van der Waals surface area (Å²) in [5.74, 6) is 0. The lowest BCUT2D eigenvalue weighted by molar-refractivity contribution is 0.112. The molecular weight excluding hydrogens is 168 g/mol. The Labute approximate surface area is 68.6 Å². The predicted octanol–water partition coefficient (Wildman–Crippen LogP) is 2.78. The minimum Gasteiger partial charge on any atom is -0.297 e. The third kappa shape index (κ3) is 1.39. The van der Waals surface area contributed by atoms with Crippen LogP contribution in [0.5, 0.6) is 0 Å². The monoisotopic (exact) mass is 174 g/mol. The lowest BCUT2D eigenvalue weighted by atomic mass is 10.4. The van der Waals surface area contributed by atoms with Gasteiger partial charge < -0.3 is 0 Å². The molecule has 0 atom stereocenters. The average molecular weight is 175 g/mol. The Morgan fingerprint density at radius 1 is 1.80 bits per heavy atom. The Hall–Kier alpha value is -0.340. The molecule has 0 saturated heterocycles. The zero-order valence-electron chi connectivity index (χ0n) is 5.56. The first-order chi connectivity index (χ1) is 4.77. The molecule has 1 aromatic heterocycles. The number of rotatable bonds is 2. The summed E-state index contributed by atoms with van der Waals surface area (Å²) in [4.78, 5) is 12.0. The van der Waals surface area contributed by atoms with Crippen molar-refractivity contribution in [2.75, 3.05) is 0 Å². The normalized spacial score (nSPS) is 9.80. The molecule has 0 aliphatic carbocycles. The van der Waals surface area contributed by atoms with Crippen molar-refractivity contribution in [3.8, 4) is 0 Å². The first-order valence-corrected chi connectivity index (χ1v) is 4.20. The summed E-state index contributed by atoms with van der Waals surface area (Å²) in [5.41, 5.74) is 0. The Balaban J connectivity index is 3.03. The number of halogens is 1. The molecule has 1 nitrogen and oxygen atoms in total. The van der Waals surface area contributed by atoms with Gasteiger partial charge in [-0.25, -0.2) is 0 Å². The van der Waals surface area contributed by atoms with Crippen LogP contribution in [-0.2, 0) is 6.42 Å². The fraction of sp³-hybridized carbons (Fsp3) is 0.286. The third-order valence-corrected chi connectivity index (χ3v) is 2.87. The Morgan fingerprint density at radius 3 is 2.80 bits per heavy atom. The molecular formula is C7H7ClOS. The summed E-state index contributed by atoms with van der Waals surface area (Å²) in [6.07, 6.45) is 1.73. The van der Waals surface area contributed by atoms with Gasteiger partial charge in [-0.2, -0.15) is 0 Å². The Bertz CT molecular complexity index is 242. The maximum absolute atomic E-state index is 10.2. The Morgan fingerprint density at radius 2 is 2.50 bits per heavy atom. The van der Waals surface area contributed by atoms with Gasteiger partial charge in [-0.05, 0) is 12.5 Å². The van der Waals surface area contributed by atoms with E-state index in [9.17, 15) is 4.79 Å². The molecule has 0 N–H and O–H groups in total. The van der Waals surface area contributed by atoms with Crippen LogP contribution < -0.4 is 0 Å².